The smallest absolute Gasteiger partial charge is 0.463 e. The van der Waals surface area contributed by atoms with Gasteiger partial charge in [-0.1, -0.05) is 366 Å². The zero-order chi connectivity index (χ0) is 82.2. The molecule has 16 nitrogen and oxygen atoms in total. The summed E-state index contributed by atoms with van der Waals surface area (Å²) in [5.74, 6) is -1.57. The van der Waals surface area contributed by atoms with E-state index in [1.54, 1.807) is 0 Å². The van der Waals surface area contributed by atoms with Gasteiger partial charge in [0.05, 0.1) is 26.4 Å². The molecule has 5 unspecified atom stereocenters. The Labute approximate surface area is 690 Å². The van der Waals surface area contributed by atoms with Crippen LogP contribution >= 0.6 is 15.6 Å². The number of hydrogen-bond acceptors (Lipinski definition) is 14. The number of phosphoric acid groups is 2. The Hall–Kier alpha value is -4.31. The fraction of sp³-hybridized carbons (Fsp3) is 0.737. The minimum atomic E-state index is -4.93. The van der Waals surface area contributed by atoms with Crippen LogP contribution in [0.25, 0.3) is 0 Å². The Kier molecular flexibility index (Phi) is 83.7. The first kappa shape index (κ1) is 109. The van der Waals surface area contributed by atoms with E-state index in [0.29, 0.717) is 19.3 Å². The molecule has 0 rings (SSSR count). The number of aliphatic hydroxyl groups is 2. The molecule has 0 aromatic carbocycles. The normalized spacial score (nSPS) is 14.4. The van der Waals surface area contributed by atoms with Gasteiger partial charge in [-0.25, -0.2) is 9.13 Å². The summed E-state index contributed by atoms with van der Waals surface area (Å²) in [5.41, 5.74) is 0. The van der Waals surface area contributed by atoms with Crippen molar-refractivity contribution in [3.63, 3.8) is 0 Å². The zero-order valence-corrected chi connectivity index (χ0v) is 73.6. The third-order valence-electron chi connectivity index (χ3n) is 19.3. The summed E-state index contributed by atoms with van der Waals surface area (Å²) in [5, 5.41) is 20.7. The van der Waals surface area contributed by atoms with Crippen molar-refractivity contribution in [3.05, 3.63) is 134 Å². The van der Waals surface area contributed by atoms with Gasteiger partial charge in [-0.3, -0.25) is 32.5 Å². The topological polar surface area (TPSA) is 231 Å². The minimum Gasteiger partial charge on any atom is -0.463 e. The van der Waals surface area contributed by atoms with Crippen LogP contribution in [-0.2, 0) is 55.8 Å². The number of rotatable bonds is 86. The molecule has 0 saturated carbocycles. The van der Waals surface area contributed by atoms with Crippen molar-refractivity contribution in [2.24, 2.45) is 0 Å². The van der Waals surface area contributed by atoms with Crippen molar-refractivity contribution in [2.75, 3.05) is 39.6 Å². The lowest BCUT2D eigenvalue weighted by molar-refractivity contribution is -0.161. The van der Waals surface area contributed by atoms with Crippen molar-refractivity contribution < 1.29 is 75.8 Å². The van der Waals surface area contributed by atoms with Crippen molar-refractivity contribution in [2.45, 2.75) is 411 Å². The maximum absolute atomic E-state index is 13.0. The van der Waals surface area contributed by atoms with Gasteiger partial charge in [0.1, 0.15) is 25.4 Å². The standard InChI is InChI=1S/C95H166O16P2/c1-4-7-10-13-16-19-22-25-27-29-31-33-35-37-39-41-42-43-44-45-46-48-50-51-53-55-57-59-61-64-66-69-72-75-78-81-93(98)105-84-90(96)85-107-112(101,102)108-86-91(97)87-109-113(103,104)110-89-92(111-95(100)83-80-77-74-71-68-63-24-21-18-15-12-9-6-3)88-106-94(99)82-79-76-73-70-67-65-62-60-58-56-54-52-49-47-40-38-36-34-32-30-28-26-23-20-17-14-11-8-5-2/h7,10,16-17,19-21,24-28,31-34,37-40,42-43,90-92,96-97H,4-6,8-9,11-15,18,22-23,29-30,35-36,41,44-89H2,1-3H3,(H,101,102)(H,103,104)/b10-7-,19-16-,20-17-,24-21-,27-25-,28-26-,33-31-,34-32-,39-37-,40-38-,43-42-. The summed E-state index contributed by atoms with van der Waals surface area (Å²) in [6.45, 7) is 2.56. The Balaban J connectivity index is 4.39. The maximum atomic E-state index is 13.0. The first-order valence-corrected chi connectivity index (χ1v) is 48.5. The lowest BCUT2D eigenvalue weighted by atomic mass is 10.0. The van der Waals surface area contributed by atoms with Crippen molar-refractivity contribution in [1.82, 2.24) is 0 Å². The lowest BCUT2D eigenvalue weighted by Gasteiger charge is -2.21. The van der Waals surface area contributed by atoms with Crippen LogP contribution in [0.1, 0.15) is 393 Å². The second kappa shape index (κ2) is 87.0. The van der Waals surface area contributed by atoms with Crippen LogP contribution < -0.4 is 0 Å². The molecule has 113 heavy (non-hydrogen) atoms. The van der Waals surface area contributed by atoms with E-state index in [4.69, 9.17) is 32.3 Å². The van der Waals surface area contributed by atoms with Crippen LogP contribution in [0.15, 0.2) is 134 Å². The Bertz CT molecular complexity index is 2580. The van der Waals surface area contributed by atoms with Crippen molar-refractivity contribution in [3.8, 4) is 0 Å². The largest absolute Gasteiger partial charge is 0.472 e. The molecule has 0 bridgehead atoms. The minimum absolute atomic E-state index is 0.0948. The summed E-state index contributed by atoms with van der Waals surface area (Å²) in [6.07, 6.45) is 108. The first-order chi connectivity index (χ1) is 55.2. The maximum Gasteiger partial charge on any atom is 0.472 e. The highest BCUT2D eigenvalue weighted by Gasteiger charge is 2.29. The molecule has 18 heteroatoms. The second-order valence-electron chi connectivity index (χ2n) is 30.4. The highest BCUT2D eigenvalue weighted by Crippen LogP contribution is 2.45. The van der Waals surface area contributed by atoms with E-state index >= 15 is 0 Å². The highest BCUT2D eigenvalue weighted by molar-refractivity contribution is 7.47. The summed E-state index contributed by atoms with van der Waals surface area (Å²) in [7, 11) is -9.79. The van der Waals surface area contributed by atoms with Gasteiger partial charge in [-0.2, -0.15) is 0 Å². The molecule has 5 atom stereocenters. The van der Waals surface area contributed by atoms with Gasteiger partial charge in [0.2, 0.25) is 0 Å². The van der Waals surface area contributed by atoms with E-state index in [1.165, 1.54) is 193 Å². The van der Waals surface area contributed by atoms with Crippen LogP contribution in [-0.4, -0.2) is 95.9 Å². The predicted molar refractivity (Wildman–Crippen MR) is 473 cm³/mol. The molecule has 0 heterocycles. The van der Waals surface area contributed by atoms with Crippen molar-refractivity contribution in [1.29, 1.82) is 0 Å². The first-order valence-electron chi connectivity index (χ1n) is 45.5. The van der Waals surface area contributed by atoms with E-state index in [9.17, 15) is 43.5 Å². The highest BCUT2D eigenvalue weighted by atomic mass is 31.2. The van der Waals surface area contributed by atoms with E-state index in [-0.39, 0.29) is 19.3 Å². The van der Waals surface area contributed by atoms with E-state index < -0.39 is 91.5 Å². The average Bonchev–Trinajstić information content (AvgIpc) is 0.903. The Morgan fingerprint density at radius 3 is 0.770 bits per heavy atom. The zero-order valence-electron chi connectivity index (χ0n) is 71.8. The fourth-order valence-electron chi connectivity index (χ4n) is 12.4. The number of ether oxygens (including phenoxy) is 3. The van der Waals surface area contributed by atoms with Crippen LogP contribution in [0.3, 0.4) is 0 Å². The van der Waals surface area contributed by atoms with Crippen LogP contribution in [0.4, 0.5) is 0 Å². The molecular weight excluding hydrogens is 1460 g/mol. The fourth-order valence-corrected chi connectivity index (χ4v) is 14.0. The van der Waals surface area contributed by atoms with Gasteiger partial charge >= 0.3 is 33.6 Å². The molecule has 0 aromatic rings. The summed E-state index contributed by atoms with van der Waals surface area (Å²) in [6, 6.07) is 0. The van der Waals surface area contributed by atoms with Gasteiger partial charge in [-0.15, -0.1) is 0 Å². The molecule has 0 aliphatic rings. The molecule has 0 amide bonds. The lowest BCUT2D eigenvalue weighted by Crippen LogP contribution is -2.30. The monoisotopic (exact) mass is 1630 g/mol. The molecule has 0 aliphatic carbocycles. The molecule has 4 N–H and O–H groups in total. The van der Waals surface area contributed by atoms with Crippen molar-refractivity contribution >= 4 is 33.6 Å². The summed E-state index contributed by atoms with van der Waals surface area (Å²) in [4.78, 5) is 58.8. The number of unbranched alkanes of at least 4 members (excludes halogenated alkanes) is 41. The molecule has 0 fully saturated rings. The molecular formula is C95H166O16P2. The molecule has 0 spiro atoms. The SMILES string of the molecule is CC/C=C\C/C=C\C/C=C\C/C=C\C/C=C\C/C=C\CCCCCCCCCCCCCCCCCCC(=O)OCC(O)COP(=O)(O)OCC(O)COP(=O)(O)OCC(COC(=O)CCCCCCCCCCCCCCC/C=C\C/C=C\C/C=C\C/C=C\CCCCC)OC(=O)CCCCCCC/C=C\CCCCCC. The third-order valence-corrected chi connectivity index (χ3v) is 21.2. The van der Waals surface area contributed by atoms with E-state index in [0.717, 1.165) is 141 Å². The quantitative estimate of drug-likeness (QED) is 0.0146. The number of carbonyl (C=O) groups is 3. The Morgan fingerprint density at radius 2 is 0.469 bits per heavy atom. The van der Waals surface area contributed by atoms with Gasteiger partial charge in [0.25, 0.3) is 0 Å². The van der Waals surface area contributed by atoms with Gasteiger partial charge in [0.15, 0.2) is 6.10 Å². The van der Waals surface area contributed by atoms with Gasteiger partial charge in [0, 0.05) is 19.3 Å². The van der Waals surface area contributed by atoms with Crippen LogP contribution in [0, 0.1) is 0 Å². The number of phosphoric ester groups is 2. The van der Waals surface area contributed by atoms with Gasteiger partial charge in [-0.05, 0) is 141 Å². The molecule has 0 saturated heterocycles. The van der Waals surface area contributed by atoms with Gasteiger partial charge < -0.3 is 34.2 Å². The van der Waals surface area contributed by atoms with Crippen LogP contribution in [0.2, 0.25) is 0 Å². The summed E-state index contributed by atoms with van der Waals surface area (Å²) >= 11 is 0. The number of esters is 3. The number of hydrogen-bond donors (Lipinski definition) is 4. The van der Waals surface area contributed by atoms with E-state index in [2.05, 4.69) is 154 Å². The predicted octanol–water partition coefficient (Wildman–Crippen LogP) is 27.8. The average molecular weight is 1630 g/mol. The number of carbonyl (C=O) groups excluding carboxylic acids is 3. The molecule has 0 aliphatic heterocycles. The third kappa shape index (κ3) is 88.3. The van der Waals surface area contributed by atoms with E-state index in [1.807, 2.05) is 0 Å². The summed E-state index contributed by atoms with van der Waals surface area (Å²) < 4.78 is 61.3. The second-order valence-corrected chi connectivity index (χ2v) is 33.3. The molecule has 0 radical (unpaired) electrons. The Morgan fingerprint density at radius 1 is 0.257 bits per heavy atom. The number of allylic oxidation sites excluding steroid dienone is 22. The molecule has 0 aromatic heterocycles. The number of aliphatic hydroxyl groups excluding tert-OH is 2. The molecule has 652 valence electrons. The van der Waals surface area contributed by atoms with Crippen LogP contribution in [0.5, 0.6) is 0 Å².